The Kier molecular flexibility index (Phi) is 10.2. The van der Waals surface area contributed by atoms with E-state index in [2.05, 4.69) is 53.6 Å². The second-order valence-electron chi connectivity index (χ2n) is 8.35. The van der Waals surface area contributed by atoms with Gasteiger partial charge in [0.25, 0.3) is 0 Å². The summed E-state index contributed by atoms with van der Waals surface area (Å²) in [5.74, 6) is 1.92. The zero-order chi connectivity index (χ0) is 20.6. The molecule has 7 heteroatoms. The first-order valence-corrected chi connectivity index (χ1v) is 11.3. The van der Waals surface area contributed by atoms with Crippen LogP contribution in [0.25, 0.3) is 0 Å². The summed E-state index contributed by atoms with van der Waals surface area (Å²) in [4.78, 5) is 21.1. The van der Waals surface area contributed by atoms with Gasteiger partial charge in [0.15, 0.2) is 5.96 Å². The van der Waals surface area contributed by atoms with Gasteiger partial charge < -0.3 is 20.4 Å². The second kappa shape index (κ2) is 12.4. The average molecular weight is 527 g/mol. The topological polar surface area (TPSA) is 60.0 Å². The van der Waals surface area contributed by atoms with Crippen molar-refractivity contribution in [2.75, 3.05) is 37.6 Å². The highest BCUT2D eigenvalue weighted by molar-refractivity contribution is 14.0. The van der Waals surface area contributed by atoms with Crippen LogP contribution in [-0.2, 0) is 11.3 Å². The summed E-state index contributed by atoms with van der Waals surface area (Å²) >= 11 is 0. The van der Waals surface area contributed by atoms with E-state index in [1.807, 2.05) is 11.8 Å². The molecular weight excluding hydrogens is 489 g/mol. The van der Waals surface area contributed by atoms with Crippen LogP contribution in [0, 0.1) is 5.92 Å². The van der Waals surface area contributed by atoms with Gasteiger partial charge >= 0.3 is 0 Å². The Balaban J connectivity index is 0.00000320. The molecule has 2 aliphatic heterocycles. The number of rotatable bonds is 6. The first-order valence-electron chi connectivity index (χ1n) is 11.3. The molecule has 0 spiro atoms. The highest BCUT2D eigenvalue weighted by Gasteiger charge is 2.25. The Morgan fingerprint density at radius 3 is 2.43 bits per heavy atom. The largest absolute Gasteiger partial charge is 0.372 e. The van der Waals surface area contributed by atoms with E-state index in [1.165, 1.54) is 24.1 Å². The van der Waals surface area contributed by atoms with Crippen molar-refractivity contribution in [1.82, 2.24) is 15.5 Å². The molecule has 168 valence electrons. The van der Waals surface area contributed by atoms with Gasteiger partial charge in [-0.25, -0.2) is 4.99 Å². The predicted molar refractivity (Wildman–Crippen MR) is 136 cm³/mol. The fourth-order valence-corrected chi connectivity index (χ4v) is 4.09. The van der Waals surface area contributed by atoms with Crippen molar-refractivity contribution in [3.05, 3.63) is 29.8 Å². The molecule has 1 aromatic carbocycles. The zero-order valence-corrected chi connectivity index (χ0v) is 21.0. The van der Waals surface area contributed by atoms with Gasteiger partial charge in [-0.3, -0.25) is 4.79 Å². The number of anilines is 1. The molecule has 0 aromatic heterocycles. The number of hydrogen-bond donors (Lipinski definition) is 2. The lowest BCUT2D eigenvalue weighted by atomic mass is 9.99. The Labute approximate surface area is 198 Å². The SMILES string of the molecule is CCNC(=NCc1ccc(N2CCC(C)CC2)cc1)NC1CCN(C(=O)CC)C1.I. The lowest BCUT2D eigenvalue weighted by molar-refractivity contribution is -0.129. The molecule has 2 aliphatic rings. The van der Waals surface area contributed by atoms with Gasteiger partial charge in [0.2, 0.25) is 5.91 Å². The molecule has 2 N–H and O–H groups in total. The van der Waals surface area contributed by atoms with Gasteiger partial charge in [0.05, 0.1) is 6.54 Å². The van der Waals surface area contributed by atoms with E-state index in [0.29, 0.717) is 13.0 Å². The van der Waals surface area contributed by atoms with E-state index in [0.717, 1.165) is 51.0 Å². The van der Waals surface area contributed by atoms with Gasteiger partial charge in [-0.05, 0) is 49.8 Å². The molecule has 30 heavy (non-hydrogen) atoms. The lowest BCUT2D eigenvalue weighted by Crippen LogP contribution is -2.45. The fourth-order valence-electron chi connectivity index (χ4n) is 4.09. The number of aliphatic imine (C=N–C) groups is 1. The van der Waals surface area contributed by atoms with E-state index in [1.54, 1.807) is 0 Å². The first-order chi connectivity index (χ1) is 14.1. The first kappa shape index (κ1) is 24.8. The van der Waals surface area contributed by atoms with Crippen molar-refractivity contribution in [2.45, 2.75) is 59.0 Å². The third-order valence-corrected chi connectivity index (χ3v) is 6.03. The number of piperidine rings is 1. The number of guanidine groups is 1. The van der Waals surface area contributed by atoms with Crippen molar-refractivity contribution in [2.24, 2.45) is 10.9 Å². The maximum absolute atomic E-state index is 11.9. The van der Waals surface area contributed by atoms with Crippen LogP contribution >= 0.6 is 24.0 Å². The Morgan fingerprint density at radius 2 is 1.80 bits per heavy atom. The van der Waals surface area contributed by atoms with Crippen LogP contribution in [0.2, 0.25) is 0 Å². The summed E-state index contributed by atoms with van der Waals surface area (Å²) in [6.07, 6.45) is 4.12. The molecule has 0 saturated carbocycles. The molecule has 0 aliphatic carbocycles. The summed E-state index contributed by atoms with van der Waals surface area (Å²) < 4.78 is 0. The van der Waals surface area contributed by atoms with Gasteiger partial charge in [-0.2, -0.15) is 0 Å². The predicted octanol–water partition coefficient (Wildman–Crippen LogP) is 3.61. The smallest absolute Gasteiger partial charge is 0.222 e. The second-order valence-corrected chi connectivity index (χ2v) is 8.35. The van der Waals surface area contributed by atoms with Crippen molar-refractivity contribution in [3.8, 4) is 0 Å². The number of nitrogens with one attached hydrogen (secondary N) is 2. The van der Waals surface area contributed by atoms with Crippen LogP contribution < -0.4 is 15.5 Å². The summed E-state index contributed by atoms with van der Waals surface area (Å²) in [6, 6.07) is 9.11. The standard InChI is InChI=1S/C23H37N5O.HI/c1-4-22(29)28-15-12-20(17-28)26-23(24-5-2)25-16-19-6-8-21(9-7-19)27-13-10-18(3)11-14-27;/h6-9,18,20H,4-5,10-17H2,1-3H3,(H2,24,25,26);1H. The van der Waals surface area contributed by atoms with E-state index in [-0.39, 0.29) is 35.9 Å². The monoisotopic (exact) mass is 527 g/mol. The summed E-state index contributed by atoms with van der Waals surface area (Å²) in [5.41, 5.74) is 2.53. The molecule has 1 atom stereocenters. The van der Waals surface area contributed by atoms with E-state index in [9.17, 15) is 4.79 Å². The number of likely N-dealkylation sites (tertiary alicyclic amines) is 1. The molecule has 0 bridgehead atoms. The fraction of sp³-hybridized carbons (Fsp3) is 0.652. The average Bonchev–Trinajstić information content (AvgIpc) is 3.21. The molecule has 2 saturated heterocycles. The Bertz CT molecular complexity index is 685. The highest BCUT2D eigenvalue weighted by Crippen LogP contribution is 2.23. The number of hydrogen-bond acceptors (Lipinski definition) is 3. The third-order valence-electron chi connectivity index (χ3n) is 6.03. The van der Waals surface area contributed by atoms with Crippen molar-refractivity contribution in [1.29, 1.82) is 0 Å². The van der Waals surface area contributed by atoms with E-state index in [4.69, 9.17) is 4.99 Å². The van der Waals surface area contributed by atoms with Crippen molar-refractivity contribution in [3.63, 3.8) is 0 Å². The summed E-state index contributed by atoms with van der Waals surface area (Å²) in [5, 5.41) is 6.83. The maximum Gasteiger partial charge on any atom is 0.222 e. The quantitative estimate of drug-likeness (QED) is 0.337. The molecule has 1 aromatic rings. The Hall–Kier alpha value is -1.51. The minimum atomic E-state index is 0. The Morgan fingerprint density at radius 1 is 1.10 bits per heavy atom. The van der Waals surface area contributed by atoms with Crippen molar-refractivity contribution >= 4 is 41.5 Å². The van der Waals surface area contributed by atoms with Crippen molar-refractivity contribution < 1.29 is 4.79 Å². The van der Waals surface area contributed by atoms with Crippen LogP contribution in [-0.4, -0.2) is 55.5 Å². The molecule has 6 nitrogen and oxygen atoms in total. The van der Waals surface area contributed by atoms with Gasteiger partial charge in [0, 0.05) is 50.9 Å². The molecule has 2 heterocycles. The van der Waals surface area contributed by atoms with Crippen LogP contribution in [0.5, 0.6) is 0 Å². The van der Waals surface area contributed by atoms with E-state index >= 15 is 0 Å². The molecule has 1 amide bonds. The van der Waals surface area contributed by atoms with Gasteiger partial charge in [-0.1, -0.05) is 26.0 Å². The normalized spacial score (nSPS) is 20.1. The van der Waals surface area contributed by atoms with Crippen LogP contribution in [0.3, 0.4) is 0 Å². The number of carbonyl (C=O) groups is 1. The lowest BCUT2D eigenvalue weighted by Gasteiger charge is -2.32. The van der Waals surface area contributed by atoms with Crippen LogP contribution in [0.1, 0.15) is 52.0 Å². The highest BCUT2D eigenvalue weighted by atomic mass is 127. The van der Waals surface area contributed by atoms with Gasteiger partial charge in [-0.15, -0.1) is 24.0 Å². The minimum Gasteiger partial charge on any atom is -0.372 e. The number of nitrogens with zero attached hydrogens (tertiary/aromatic N) is 3. The maximum atomic E-state index is 11.9. The van der Waals surface area contributed by atoms with Gasteiger partial charge in [0.1, 0.15) is 0 Å². The number of halogens is 1. The zero-order valence-electron chi connectivity index (χ0n) is 18.7. The third kappa shape index (κ3) is 7.03. The molecule has 1 unspecified atom stereocenters. The molecule has 0 radical (unpaired) electrons. The summed E-state index contributed by atoms with van der Waals surface area (Å²) in [7, 11) is 0. The number of carbonyl (C=O) groups excluding carboxylic acids is 1. The van der Waals surface area contributed by atoms with Crippen LogP contribution in [0.15, 0.2) is 29.3 Å². The summed E-state index contributed by atoms with van der Waals surface area (Å²) in [6.45, 7) is 11.7. The van der Waals surface area contributed by atoms with E-state index < -0.39 is 0 Å². The number of benzene rings is 1. The van der Waals surface area contributed by atoms with Crippen LogP contribution in [0.4, 0.5) is 5.69 Å². The number of amides is 1. The minimum absolute atomic E-state index is 0. The molecule has 3 rings (SSSR count). The molecular formula is C23H38IN5O. The molecule has 2 fully saturated rings.